The molecule has 2 atom stereocenters. The van der Waals surface area contributed by atoms with E-state index in [1.54, 1.807) is 16.0 Å². The molecule has 5 rings (SSSR count). The van der Waals surface area contributed by atoms with Crippen LogP contribution in [0.25, 0.3) is 10.2 Å². The first-order chi connectivity index (χ1) is 19.8. The van der Waals surface area contributed by atoms with Crippen molar-refractivity contribution in [3.63, 3.8) is 0 Å². The van der Waals surface area contributed by atoms with E-state index >= 15 is 0 Å². The van der Waals surface area contributed by atoms with Crippen LogP contribution in [0.4, 0.5) is 9.93 Å². The number of hydrazine groups is 1. The van der Waals surface area contributed by atoms with Crippen LogP contribution in [0.15, 0.2) is 36.5 Å². The molecule has 41 heavy (non-hydrogen) atoms. The van der Waals surface area contributed by atoms with E-state index in [-0.39, 0.29) is 50.2 Å². The van der Waals surface area contributed by atoms with Crippen molar-refractivity contribution in [2.45, 2.75) is 44.9 Å². The summed E-state index contributed by atoms with van der Waals surface area (Å²) >= 11 is 1.36. The minimum Gasteiger partial charge on any atom is -0.506 e. The number of nitrogens with one attached hydrogen (secondary N) is 1. The number of nitrogens with zero attached hydrogens (tertiary/aromatic N) is 7. The summed E-state index contributed by atoms with van der Waals surface area (Å²) in [6, 6.07) is 9.42. The van der Waals surface area contributed by atoms with Crippen molar-refractivity contribution in [2.75, 3.05) is 31.9 Å². The Morgan fingerprint density at radius 3 is 2.88 bits per heavy atom. The van der Waals surface area contributed by atoms with Crippen LogP contribution < -0.4 is 11.1 Å². The number of carbonyl (C=O) groups is 3. The highest BCUT2D eigenvalue weighted by molar-refractivity contribution is 7.22. The smallest absolute Gasteiger partial charge is 0.333 e. The summed E-state index contributed by atoms with van der Waals surface area (Å²) in [5.41, 5.74) is 8.00. The monoisotopic (exact) mass is 577 g/mol. The number of para-hydroxylation sites is 1. The molecular formula is C27H31N9O4S. The number of hydrogen-bond donors (Lipinski definition) is 3. The fourth-order valence-electron chi connectivity index (χ4n) is 5.29. The second-order valence-corrected chi connectivity index (χ2v) is 11.0. The summed E-state index contributed by atoms with van der Waals surface area (Å²) in [5, 5.41) is 25.3. The second-order valence-electron chi connectivity index (χ2n) is 9.94. The first-order valence-electron chi connectivity index (χ1n) is 13.4. The lowest BCUT2D eigenvalue weighted by Crippen LogP contribution is -2.66. The molecule has 0 spiro atoms. The summed E-state index contributed by atoms with van der Waals surface area (Å²) in [5.74, 6) is -0.611. The molecule has 2 fully saturated rings. The van der Waals surface area contributed by atoms with Gasteiger partial charge in [-0.3, -0.25) is 14.6 Å². The van der Waals surface area contributed by atoms with Gasteiger partial charge in [0.2, 0.25) is 11.8 Å². The number of rotatable bonds is 9. The maximum atomic E-state index is 14.0. The Hall–Kier alpha value is -4.48. The number of fused-ring (bicyclic) bond motifs is 2. The zero-order valence-corrected chi connectivity index (χ0v) is 23.4. The maximum absolute atomic E-state index is 14.0. The van der Waals surface area contributed by atoms with Crippen molar-refractivity contribution in [1.29, 1.82) is 5.26 Å². The van der Waals surface area contributed by atoms with Crippen molar-refractivity contribution in [2.24, 2.45) is 0 Å². The largest absolute Gasteiger partial charge is 0.506 e. The molecule has 2 aromatic heterocycles. The lowest BCUT2D eigenvalue weighted by molar-refractivity contribution is -0.157. The highest BCUT2D eigenvalue weighted by Gasteiger charge is 2.52. The second kappa shape index (κ2) is 11.9. The third-order valence-electron chi connectivity index (χ3n) is 7.23. The molecule has 214 valence electrons. The average Bonchev–Trinajstić information content (AvgIpc) is 3.49. The number of urea groups is 1. The Labute approximate surface area is 240 Å². The summed E-state index contributed by atoms with van der Waals surface area (Å²) in [4.78, 5) is 52.4. The molecule has 2 aliphatic rings. The van der Waals surface area contributed by atoms with Crippen LogP contribution in [0.5, 0.6) is 5.75 Å². The Bertz CT molecular complexity index is 1490. The van der Waals surface area contributed by atoms with Gasteiger partial charge in [-0.2, -0.15) is 10.3 Å². The van der Waals surface area contributed by atoms with Gasteiger partial charge in [-0.1, -0.05) is 36.8 Å². The molecule has 2 aliphatic heterocycles. The predicted octanol–water partition coefficient (Wildman–Crippen LogP) is 1.65. The SMILES string of the molecule is CCCCNC(=O)N(CC#N)N1CC(=O)N2[C@@H](Cc3ccc(O)cn3)C(=O)N(Cc3cccc4sc(N)nc34)C[C@@H]21. The van der Waals surface area contributed by atoms with E-state index in [0.717, 1.165) is 23.1 Å². The van der Waals surface area contributed by atoms with Crippen LogP contribution in [-0.2, 0) is 22.6 Å². The van der Waals surface area contributed by atoms with Crippen LogP contribution in [0.3, 0.4) is 0 Å². The summed E-state index contributed by atoms with van der Waals surface area (Å²) < 4.78 is 0.901. The van der Waals surface area contributed by atoms with E-state index in [4.69, 9.17) is 5.73 Å². The Morgan fingerprint density at radius 2 is 2.15 bits per heavy atom. The number of piperazine rings is 1. The molecule has 13 nitrogen and oxygen atoms in total. The van der Waals surface area contributed by atoms with Gasteiger partial charge in [-0.05, 0) is 30.2 Å². The van der Waals surface area contributed by atoms with E-state index in [1.165, 1.54) is 33.5 Å². The minimum absolute atomic E-state index is 0.0106. The van der Waals surface area contributed by atoms with Gasteiger partial charge in [0.1, 0.15) is 24.5 Å². The fourth-order valence-corrected chi connectivity index (χ4v) is 6.07. The van der Waals surface area contributed by atoms with Gasteiger partial charge >= 0.3 is 6.03 Å². The Kier molecular flexibility index (Phi) is 8.18. The number of amides is 4. The van der Waals surface area contributed by atoms with E-state index in [0.29, 0.717) is 22.9 Å². The predicted molar refractivity (Wildman–Crippen MR) is 151 cm³/mol. The number of nitrogens with two attached hydrogens (primary N) is 1. The van der Waals surface area contributed by atoms with E-state index in [9.17, 15) is 24.8 Å². The Balaban J connectivity index is 1.49. The fraction of sp³-hybridized carbons (Fsp3) is 0.407. The van der Waals surface area contributed by atoms with Crippen LogP contribution in [0, 0.1) is 11.3 Å². The van der Waals surface area contributed by atoms with Crippen molar-refractivity contribution in [3.8, 4) is 11.8 Å². The van der Waals surface area contributed by atoms with Crippen LogP contribution in [0.1, 0.15) is 31.0 Å². The molecule has 0 radical (unpaired) electrons. The van der Waals surface area contributed by atoms with E-state index in [1.807, 2.05) is 31.2 Å². The molecule has 0 bridgehead atoms. The van der Waals surface area contributed by atoms with Gasteiger partial charge in [0.05, 0.1) is 35.6 Å². The summed E-state index contributed by atoms with van der Waals surface area (Å²) in [7, 11) is 0. The number of aromatic nitrogens is 2. The topological polar surface area (TPSA) is 172 Å². The first kappa shape index (κ1) is 28.1. The molecule has 4 amide bonds. The molecule has 3 aromatic rings. The number of aromatic hydroxyl groups is 1. The molecule has 0 unspecified atom stereocenters. The van der Waals surface area contributed by atoms with Crippen LogP contribution in [-0.4, -0.2) is 91.1 Å². The minimum atomic E-state index is -0.907. The first-order valence-corrected chi connectivity index (χ1v) is 14.2. The van der Waals surface area contributed by atoms with Crippen molar-refractivity contribution >= 4 is 44.5 Å². The van der Waals surface area contributed by atoms with Gasteiger partial charge in [0.15, 0.2) is 5.13 Å². The van der Waals surface area contributed by atoms with Crippen LogP contribution >= 0.6 is 11.3 Å². The van der Waals surface area contributed by atoms with Gasteiger partial charge in [0.25, 0.3) is 0 Å². The number of unbranched alkanes of at least 4 members (excludes halogenated alkanes) is 1. The molecule has 14 heteroatoms. The van der Waals surface area contributed by atoms with Crippen molar-refractivity contribution in [1.82, 2.24) is 35.1 Å². The number of nitriles is 1. The zero-order valence-electron chi connectivity index (χ0n) is 22.6. The third-order valence-corrected chi connectivity index (χ3v) is 8.08. The van der Waals surface area contributed by atoms with Crippen LogP contribution in [0.2, 0.25) is 0 Å². The number of anilines is 1. The van der Waals surface area contributed by atoms with Crippen molar-refractivity contribution in [3.05, 3.63) is 47.8 Å². The Morgan fingerprint density at radius 1 is 1.32 bits per heavy atom. The molecule has 0 aliphatic carbocycles. The maximum Gasteiger partial charge on any atom is 0.333 e. The molecule has 1 aromatic carbocycles. The molecule has 4 heterocycles. The molecular weight excluding hydrogens is 546 g/mol. The number of hydrogen-bond acceptors (Lipinski definition) is 10. The zero-order chi connectivity index (χ0) is 29.1. The van der Waals surface area contributed by atoms with Gasteiger partial charge < -0.3 is 26.0 Å². The number of benzene rings is 1. The molecule has 4 N–H and O–H groups in total. The molecule has 0 saturated carbocycles. The van der Waals surface area contributed by atoms with E-state index < -0.39 is 18.2 Å². The van der Waals surface area contributed by atoms with Gasteiger partial charge in [-0.15, -0.1) is 0 Å². The number of nitrogen functional groups attached to an aromatic ring is 1. The van der Waals surface area contributed by atoms with E-state index in [2.05, 4.69) is 15.3 Å². The highest BCUT2D eigenvalue weighted by Crippen LogP contribution is 2.32. The summed E-state index contributed by atoms with van der Waals surface area (Å²) in [6.45, 7) is 2.36. The standard InChI is InChI=1S/C27H31N9O4S/c1-2-3-10-30-27(40)34(11-9-28)35-16-23(38)36-20(12-18-7-8-19(37)13-31-18)25(39)33(15-22(35)36)14-17-5-4-6-21-24(17)32-26(29)41-21/h4-8,13,20,22,37H,2-3,10-12,14-16H2,1H3,(H2,29,32)(H,30,40)/t20-,22+/m0/s1. The lowest BCUT2D eigenvalue weighted by Gasteiger charge is -2.46. The average molecular weight is 578 g/mol. The summed E-state index contributed by atoms with van der Waals surface area (Å²) in [6.07, 6.45) is 2.38. The molecule has 2 saturated heterocycles. The normalized spacial score (nSPS) is 18.9. The number of thiazole rings is 1. The lowest BCUT2D eigenvalue weighted by atomic mass is 10.0. The van der Waals surface area contributed by atoms with Crippen molar-refractivity contribution < 1.29 is 19.5 Å². The van der Waals surface area contributed by atoms with Gasteiger partial charge in [0, 0.05) is 25.2 Å². The third kappa shape index (κ3) is 5.72. The quantitative estimate of drug-likeness (QED) is 0.253. The number of carbonyl (C=O) groups excluding carboxylic acids is 3. The number of pyridine rings is 1. The highest BCUT2D eigenvalue weighted by atomic mass is 32.1. The van der Waals surface area contributed by atoms with Gasteiger partial charge in [-0.25, -0.2) is 14.8 Å².